The van der Waals surface area contributed by atoms with Crippen LogP contribution in [-0.2, 0) is 0 Å². The van der Waals surface area contributed by atoms with Crippen LogP contribution in [0.1, 0.15) is 33.1 Å². The summed E-state index contributed by atoms with van der Waals surface area (Å²) in [5.74, 6) is 3.10. The van der Waals surface area contributed by atoms with Gasteiger partial charge in [-0.2, -0.15) is 11.8 Å². The van der Waals surface area contributed by atoms with E-state index in [0.717, 1.165) is 23.9 Å². The first-order chi connectivity index (χ1) is 8.26. The van der Waals surface area contributed by atoms with Crippen LogP contribution < -0.4 is 5.32 Å². The minimum atomic E-state index is 0.766. The Morgan fingerprint density at radius 2 is 2.18 bits per heavy atom. The molecule has 0 aromatic heterocycles. The van der Waals surface area contributed by atoms with Gasteiger partial charge in [0.25, 0.3) is 0 Å². The van der Waals surface area contributed by atoms with Crippen molar-refractivity contribution < 1.29 is 0 Å². The van der Waals surface area contributed by atoms with Crippen molar-refractivity contribution in [3.8, 4) is 0 Å². The average molecular weight is 256 g/mol. The van der Waals surface area contributed by atoms with Crippen LogP contribution in [0.3, 0.4) is 0 Å². The third-order valence-electron chi connectivity index (χ3n) is 4.56. The van der Waals surface area contributed by atoms with Gasteiger partial charge in [-0.3, -0.25) is 4.90 Å². The fourth-order valence-corrected chi connectivity index (χ4v) is 3.38. The molecule has 1 aliphatic heterocycles. The van der Waals surface area contributed by atoms with Crippen LogP contribution in [0.2, 0.25) is 0 Å². The molecule has 1 aliphatic carbocycles. The van der Waals surface area contributed by atoms with Gasteiger partial charge in [0.15, 0.2) is 0 Å². The molecule has 3 atom stereocenters. The van der Waals surface area contributed by atoms with Gasteiger partial charge in [-0.05, 0) is 30.9 Å². The molecule has 1 saturated heterocycles. The van der Waals surface area contributed by atoms with Crippen LogP contribution in [0, 0.1) is 11.8 Å². The van der Waals surface area contributed by atoms with Crippen molar-refractivity contribution >= 4 is 11.8 Å². The van der Waals surface area contributed by atoms with E-state index in [1.165, 1.54) is 44.6 Å². The van der Waals surface area contributed by atoms with Gasteiger partial charge >= 0.3 is 0 Å². The molecule has 0 aromatic rings. The van der Waals surface area contributed by atoms with Crippen LogP contribution in [-0.4, -0.2) is 48.6 Å². The van der Waals surface area contributed by atoms with Crippen LogP contribution in [0.5, 0.6) is 0 Å². The third kappa shape index (κ3) is 3.62. The first kappa shape index (κ1) is 13.7. The van der Waals surface area contributed by atoms with Crippen molar-refractivity contribution in [2.45, 2.75) is 45.2 Å². The van der Waals surface area contributed by atoms with E-state index in [2.05, 4.69) is 30.3 Å². The van der Waals surface area contributed by atoms with Gasteiger partial charge in [0.05, 0.1) is 0 Å². The summed E-state index contributed by atoms with van der Waals surface area (Å²) in [4.78, 5) is 2.77. The van der Waals surface area contributed by atoms with Crippen LogP contribution >= 0.6 is 11.8 Å². The molecule has 0 spiro atoms. The largest absolute Gasteiger partial charge is 0.311 e. The predicted octanol–water partition coefficient (Wildman–Crippen LogP) is 2.45. The van der Waals surface area contributed by atoms with E-state index in [4.69, 9.17) is 0 Å². The van der Waals surface area contributed by atoms with Gasteiger partial charge < -0.3 is 5.32 Å². The van der Waals surface area contributed by atoms with E-state index >= 15 is 0 Å². The summed E-state index contributed by atoms with van der Waals surface area (Å²) >= 11 is 1.98. The predicted molar refractivity (Wildman–Crippen MR) is 77.7 cm³/mol. The Kier molecular flexibility index (Phi) is 5.19. The molecule has 2 fully saturated rings. The van der Waals surface area contributed by atoms with Crippen molar-refractivity contribution in [3.05, 3.63) is 0 Å². The molecule has 3 heteroatoms. The second-order valence-electron chi connectivity index (χ2n) is 5.79. The SMILES string of the molecule is CCC(C)C1CNC(C2CC2)CN1CCSC. The topological polar surface area (TPSA) is 15.3 Å². The molecule has 2 rings (SSSR count). The van der Waals surface area contributed by atoms with E-state index in [1.54, 1.807) is 0 Å². The summed E-state index contributed by atoms with van der Waals surface area (Å²) in [7, 11) is 0. The highest BCUT2D eigenvalue weighted by molar-refractivity contribution is 7.98. The maximum atomic E-state index is 3.80. The van der Waals surface area contributed by atoms with Gasteiger partial charge in [-0.1, -0.05) is 20.3 Å². The minimum Gasteiger partial charge on any atom is -0.311 e. The van der Waals surface area contributed by atoms with Gasteiger partial charge in [0.1, 0.15) is 0 Å². The van der Waals surface area contributed by atoms with E-state index in [1.807, 2.05) is 11.8 Å². The minimum absolute atomic E-state index is 0.766. The molecule has 17 heavy (non-hydrogen) atoms. The van der Waals surface area contributed by atoms with Crippen molar-refractivity contribution in [3.63, 3.8) is 0 Å². The summed E-state index contributed by atoms with van der Waals surface area (Å²) in [6, 6.07) is 1.55. The third-order valence-corrected chi connectivity index (χ3v) is 5.15. The number of hydrogen-bond acceptors (Lipinski definition) is 3. The molecule has 2 aliphatic rings. The maximum Gasteiger partial charge on any atom is 0.0247 e. The van der Waals surface area contributed by atoms with Gasteiger partial charge in [-0.25, -0.2) is 0 Å². The molecule has 0 aromatic carbocycles. The number of piperazine rings is 1. The standard InChI is InChI=1S/C14H28N2S/c1-4-11(2)14-9-15-13(12-5-6-12)10-16(14)7-8-17-3/h11-15H,4-10H2,1-3H3. The Morgan fingerprint density at radius 1 is 1.41 bits per heavy atom. The molecule has 0 bridgehead atoms. The summed E-state index contributed by atoms with van der Waals surface area (Å²) in [6.07, 6.45) is 6.44. The molecule has 0 radical (unpaired) electrons. The van der Waals surface area contributed by atoms with Crippen molar-refractivity contribution in [2.24, 2.45) is 11.8 Å². The second-order valence-corrected chi connectivity index (χ2v) is 6.78. The van der Waals surface area contributed by atoms with E-state index < -0.39 is 0 Å². The number of nitrogens with one attached hydrogen (secondary N) is 1. The molecule has 0 amide bonds. The highest BCUT2D eigenvalue weighted by atomic mass is 32.2. The average Bonchev–Trinajstić information content (AvgIpc) is 3.19. The first-order valence-electron chi connectivity index (χ1n) is 7.22. The van der Waals surface area contributed by atoms with Crippen LogP contribution in [0.15, 0.2) is 0 Å². The Labute approximate surface area is 111 Å². The number of hydrogen-bond donors (Lipinski definition) is 1. The maximum absolute atomic E-state index is 3.80. The molecule has 2 nitrogen and oxygen atoms in total. The van der Waals surface area contributed by atoms with Crippen LogP contribution in [0.25, 0.3) is 0 Å². The molecule has 1 heterocycles. The quantitative estimate of drug-likeness (QED) is 0.786. The molecule has 100 valence electrons. The first-order valence-corrected chi connectivity index (χ1v) is 8.62. The lowest BCUT2D eigenvalue weighted by atomic mass is 9.93. The second kappa shape index (κ2) is 6.44. The summed E-state index contributed by atoms with van der Waals surface area (Å²) in [5, 5.41) is 3.80. The molecular weight excluding hydrogens is 228 g/mol. The summed E-state index contributed by atoms with van der Waals surface area (Å²) in [5.41, 5.74) is 0. The highest BCUT2D eigenvalue weighted by Gasteiger charge is 2.37. The summed E-state index contributed by atoms with van der Waals surface area (Å²) < 4.78 is 0. The zero-order valence-electron chi connectivity index (χ0n) is 11.6. The molecular formula is C14H28N2S. The Hall–Kier alpha value is 0.270. The normalized spacial score (nSPS) is 32.6. The Balaban J connectivity index is 1.90. The number of nitrogens with zero attached hydrogens (tertiary/aromatic N) is 1. The van der Waals surface area contributed by atoms with Crippen molar-refractivity contribution in [1.29, 1.82) is 0 Å². The lowest BCUT2D eigenvalue weighted by Crippen LogP contribution is -2.59. The van der Waals surface area contributed by atoms with Crippen molar-refractivity contribution in [2.75, 3.05) is 31.6 Å². The van der Waals surface area contributed by atoms with Crippen LogP contribution in [0.4, 0.5) is 0 Å². The molecule has 1 N–H and O–H groups in total. The smallest absolute Gasteiger partial charge is 0.0247 e. The highest BCUT2D eigenvalue weighted by Crippen LogP contribution is 2.35. The Bertz CT molecular complexity index is 230. The zero-order valence-corrected chi connectivity index (χ0v) is 12.4. The number of rotatable bonds is 6. The molecule has 1 saturated carbocycles. The fourth-order valence-electron chi connectivity index (χ4n) is 2.97. The van der Waals surface area contributed by atoms with E-state index in [0.29, 0.717) is 0 Å². The number of thioether (sulfide) groups is 1. The van der Waals surface area contributed by atoms with E-state index in [9.17, 15) is 0 Å². The zero-order chi connectivity index (χ0) is 12.3. The van der Waals surface area contributed by atoms with Gasteiger partial charge in [-0.15, -0.1) is 0 Å². The Morgan fingerprint density at radius 3 is 2.76 bits per heavy atom. The fraction of sp³-hybridized carbons (Fsp3) is 1.00. The van der Waals surface area contributed by atoms with Gasteiger partial charge in [0, 0.05) is 37.5 Å². The van der Waals surface area contributed by atoms with Gasteiger partial charge in [0.2, 0.25) is 0 Å². The summed E-state index contributed by atoms with van der Waals surface area (Å²) in [6.45, 7) is 8.52. The van der Waals surface area contributed by atoms with Crippen molar-refractivity contribution in [1.82, 2.24) is 10.2 Å². The monoisotopic (exact) mass is 256 g/mol. The molecule has 3 unspecified atom stereocenters. The lowest BCUT2D eigenvalue weighted by molar-refractivity contribution is 0.0923. The lowest BCUT2D eigenvalue weighted by Gasteiger charge is -2.43. The van der Waals surface area contributed by atoms with E-state index in [-0.39, 0.29) is 0 Å².